The van der Waals surface area contributed by atoms with Gasteiger partial charge in [-0.15, -0.1) is 0 Å². The van der Waals surface area contributed by atoms with Gasteiger partial charge in [-0.3, -0.25) is 9.59 Å². The van der Waals surface area contributed by atoms with E-state index < -0.39 is 0 Å². The summed E-state index contributed by atoms with van der Waals surface area (Å²) in [6.45, 7) is 0. The first-order valence-electron chi connectivity index (χ1n) is 6.52. The van der Waals surface area contributed by atoms with Gasteiger partial charge in [-0.2, -0.15) is 0 Å². The Hall–Kier alpha value is -1.64. The van der Waals surface area contributed by atoms with Crippen molar-refractivity contribution in [3.63, 3.8) is 0 Å². The minimum atomic E-state index is -0.368. The van der Waals surface area contributed by atoms with E-state index in [-0.39, 0.29) is 29.7 Å². The second kappa shape index (κ2) is 4.23. The molecule has 1 heterocycles. The third-order valence-corrected chi connectivity index (χ3v) is 4.38. The average Bonchev–Trinajstić information content (AvgIpc) is 2.98. The van der Waals surface area contributed by atoms with Crippen LogP contribution < -0.4 is 0 Å². The molecule has 0 N–H and O–H groups in total. The standard InChI is InChI=1S/C15H16O3/c16-13-10-12(14(17)18-13)15(8-4-5-9-15)11-6-2-1-3-7-11/h1-3,6-7,12H,4-5,8-10H2. The molecule has 1 aliphatic heterocycles. The fourth-order valence-corrected chi connectivity index (χ4v) is 3.51. The smallest absolute Gasteiger partial charge is 0.318 e. The van der Waals surface area contributed by atoms with Crippen LogP contribution in [0.4, 0.5) is 0 Å². The summed E-state index contributed by atoms with van der Waals surface area (Å²) in [6, 6.07) is 10.1. The van der Waals surface area contributed by atoms with Gasteiger partial charge in [0.1, 0.15) is 0 Å². The topological polar surface area (TPSA) is 43.4 Å². The lowest BCUT2D eigenvalue weighted by atomic mass is 9.68. The van der Waals surface area contributed by atoms with Crippen molar-refractivity contribution < 1.29 is 14.3 Å². The number of hydrogen-bond donors (Lipinski definition) is 0. The van der Waals surface area contributed by atoms with Crippen LogP contribution in [-0.4, -0.2) is 11.9 Å². The van der Waals surface area contributed by atoms with Crippen LogP contribution in [0.2, 0.25) is 0 Å². The number of benzene rings is 1. The molecule has 1 saturated carbocycles. The van der Waals surface area contributed by atoms with Gasteiger partial charge >= 0.3 is 11.9 Å². The average molecular weight is 244 g/mol. The zero-order valence-electron chi connectivity index (χ0n) is 10.2. The van der Waals surface area contributed by atoms with Crippen molar-refractivity contribution >= 4 is 11.9 Å². The maximum atomic E-state index is 11.9. The maximum Gasteiger partial charge on any atom is 0.318 e. The van der Waals surface area contributed by atoms with E-state index in [2.05, 4.69) is 12.1 Å². The van der Waals surface area contributed by atoms with E-state index in [1.807, 2.05) is 18.2 Å². The predicted octanol–water partition coefficient (Wildman–Crippen LogP) is 2.59. The monoisotopic (exact) mass is 244 g/mol. The van der Waals surface area contributed by atoms with E-state index in [0.717, 1.165) is 25.7 Å². The van der Waals surface area contributed by atoms with Crippen LogP contribution in [0.1, 0.15) is 37.7 Å². The van der Waals surface area contributed by atoms with Crippen LogP contribution >= 0.6 is 0 Å². The molecule has 0 aromatic heterocycles. The third kappa shape index (κ3) is 1.65. The van der Waals surface area contributed by atoms with Crippen molar-refractivity contribution in [3.05, 3.63) is 35.9 Å². The minimum absolute atomic E-state index is 0.176. The van der Waals surface area contributed by atoms with Crippen molar-refractivity contribution in [2.75, 3.05) is 0 Å². The van der Waals surface area contributed by atoms with Crippen LogP contribution in [0.3, 0.4) is 0 Å². The fourth-order valence-electron chi connectivity index (χ4n) is 3.51. The molecular weight excluding hydrogens is 228 g/mol. The molecule has 1 aliphatic carbocycles. The third-order valence-electron chi connectivity index (χ3n) is 4.38. The lowest BCUT2D eigenvalue weighted by Crippen LogP contribution is -2.35. The Balaban J connectivity index is 2.02. The van der Waals surface area contributed by atoms with Gasteiger partial charge < -0.3 is 4.74 Å². The Morgan fingerprint density at radius 1 is 1.06 bits per heavy atom. The molecule has 3 rings (SSSR count). The second-order valence-electron chi connectivity index (χ2n) is 5.28. The van der Waals surface area contributed by atoms with Crippen molar-refractivity contribution in [2.45, 2.75) is 37.5 Å². The number of carbonyl (C=O) groups excluding carboxylic acids is 2. The summed E-state index contributed by atoms with van der Waals surface area (Å²) in [6.07, 6.45) is 4.43. The number of carbonyl (C=O) groups is 2. The van der Waals surface area contributed by atoms with E-state index in [0.29, 0.717) is 0 Å². The van der Waals surface area contributed by atoms with E-state index in [4.69, 9.17) is 4.74 Å². The van der Waals surface area contributed by atoms with Gasteiger partial charge in [0.15, 0.2) is 0 Å². The van der Waals surface area contributed by atoms with Gasteiger partial charge in [0.25, 0.3) is 0 Å². The van der Waals surface area contributed by atoms with E-state index in [1.165, 1.54) is 5.56 Å². The summed E-state index contributed by atoms with van der Waals surface area (Å²) >= 11 is 0. The molecule has 1 saturated heterocycles. The molecule has 0 radical (unpaired) electrons. The molecule has 2 aliphatic rings. The first kappa shape index (κ1) is 11.5. The second-order valence-corrected chi connectivity index (χ2v) is 5.28. The molecule has 0 amide bonds. The van der Waals surface area contributed by atoms with Crippen molar-refractivity contribution in [3.8, 4) is 0 Å². The molecule has 1 aromatic rings. The largest absolute Gasteiger partial charge is 0.393 e. The molecule has 0 spiro atoms. The number of rotatable bonds is 2. The van der Waals surface area contributed by atoms with Crippen LogP contribution in [0, 0.1) is 5.92 Å². The first-order valence-corrected chi connectivity index (χ1v) is 6.52. The molecule has 1 unspecified atom stereocenters. The van der Waals surface area contributed by atoms with E-state index in [1.54, 1.807) is 0 Å². The van der Waals surface area contributed by atoms with Crippen molar-refractivity contribution in [1.29, 1.82) is 0 Å². The Morgan fingerprint density at radius 3 is 2.28 bits per heavy atom. The predicted molar refractivity (Wildman–Crippen MR) is 65.8 cm³/mol. The van der Waals surface area contributed by atoms with Gasteiger partial charge in [0.05, 0.1) is 12.3 Å². The summed E-state index contributed by atoms with van der Waals surface area (Å²) in [5.74, 6) is -0.979. The molecular formula is C15H16O3. The summed E-state index contributed by atoms with van der Waals surface area (Å²) in [7, 11) is 0. The van der Waals surface area contributed by atoms with Crippen LogP contribution in [0.15, 0.2) is 30.3 Å². The number of hydrogen-bond acceptors (Lipinski definition) is 3. The quantitative estimate of drug-likeness (QED) is 0.593. The summed E-state index contributed by atoms with van der Waals surface area (Å²) in [5, 5.41) is 0. The number of ether oxygens (including phenoxy) is 1. The lowest BCUT2D eigenvalue weighted by molar-refractivity contribution is -0.153. The molecule has 1 aromatic carbocycles. The zero-order valence-corrected chi connectivity index (χ0v) is 10.2. The highest BCUT2D eigenvalue weighted by Gasteiger charge is 2.51. The highest BCUT2D eigenvalue weighted by Crippen LogP contribution is 2.49. The Morgan fingerprint density at radius 2 is 1.72 bits per heavy atom. The van der Waals surface area contributed by atoms with Gasteiger partial charge in [-0.25, -0.2) is 0 Å². The zero-order chi connectivity index (χ0) is 12.6. The number of cyclic esters (lactones) is 2. The Labute approximate surface area is 106 Å². The van der Waals surface area contributed by atoms with Crippen LogP contribution in [0.5, 0.6) is 0 Å². The normalized spacial score (nSPS) is 26.3. The minimum Gasteiger partial charge on any atom is -0.393 e. The maximum absolute atomic E-state index is 11.9. The van der Waals surface area contributed by atoms with Gasteiger partial charge in [-0.05, 0) is 18.4 Å². The first-order chi connectivity index (χ1) is 8.72. The molecule has 1 atom stereocenters. The Bertz CT molecular complexity index is 472. The van der Waals surface area contributed by atoms with Crippen LogP contribution in [-0.2, 0) is 19.7 Å². The molecule has 3 nitrogen and oxygen atoms in total. The lowest BCUT2D eigenvalue weighted by Gasteiger charge is -2.33. The van der Waals surface area contributed by atoms with Crippen molar-refractivity contribution in [1.82, 2.24) is 0 Å². The molecule has 2 fully saturated rings. The van der Waals surface area contributed by atoms with Gasteiger partial charge in [0.2, 0.25) is 0 Å². The van der Waals surface area contributed by atoms with E-state index in [9.17, 15) is 9.59 Å². The molecule has 18 heavy (non-hydrogen) atoms. The summed E-state index contributed by atoms with van der Waals surface area (Å²) < 4.78 is 4.75. The summed E-state index contributed by atoms with van der Waals surface area (Å²) in [5.41, 5.74) is 1.00. The molecule has 0 bridgehead atoms. The summed E-state index contributed by atoms with van der Waals surface area (Å²) in [4.78, 5) is 23.3. The Kier molecular flexibility index (Phi) is 2.69. The van der Waals surface area contributed by atoms with Crippen molar-refractivity contribution in [2.24, 2.45) is 5.92 Å². The van der Waals surface area contributed by atoms with Gasteiger partial charge in [-0.1, -0.05) is 43.2 Å². The fraction of sp³-hybridized carbons (Fsp3) is 0.467. The number of esters is 2. The van der Waals surface area contributed by atoms with Gasteiger partial charge in [0, 0.05) is 5.41 Å². The highest BCUT2D eigenvalue weighted by molar-refractivity contribution is 5.95. The molecule has 3 heteroatoms. The molecule has 94 valence electrons. The SMILES string of the molecule is O=C1CC(C2(c3ccccc3)CCCC2)C(=O)O1. The van der Waals surface area contributed by atoms with E-state index >= 15 is 0 Å². The highest BCUT2D eigenvalue weighted by atomic mass is 16.6. The van der Waals surface area contributed by atoms with Crippen LogP contribution in [0.25, 0.3) is 0 Å².